The highest BCUT2D eigenvalue weighted by Crippen LogP contribution is 2.18. The van der Waals surface area contributed by atoms with Gasteiger partial charge in [-0.05, 0) is 67.5 Å². The summed E-state index contributed by atoms with van der Waals surface area (Å²) in [4.78, 5) is 33.1. The number of rotatable bonds is 7. The Kier molecular flexibility index (Phi) is 7.61. The van der Waals surface area contributed by atoms with Crippen LogP contribution in [-0.4, -0.2) is 46.0 Å². The van der Waals surface area contributed by atoms with E-state index in [1.54, 1.807) is 34.2 Å². The van der Waals surface area contributed by atoms with Crippen LogP contribution >= 0.6 is 0 Å². The lowest BCUT2D eigenvalue weighted by molar-refractivity contribution is -0.150. The molecular formula is C20H32N2O3. The molecule has 5 nitrogen and oxygen atoms in total. The Hall–Kier alpha value is -1.88. The van der Waals surface area contributed by atoms with Gasteiger partial charge in [-0.1, -0.05) is 12.1 Å². The highest BCUT2D eigenvalue weighted by molar-refractivity contribution is 6.05. The van der Waals surface area contributed by atoms with Crippen molar-refractivity contribution in [3.8, 4) is 0 Å². The maximum absolute atomic E-state index is 13.0. The fraction of sp³-hybridized carbons (Fsp3) is 0.600. The third-order valence-electron chi connectivity index (χ3n) is 3.93. The molecule has 0 radical (unpaired) electrons. The van der Waals surface area contributed by atoms with E-state index in [-0.39, 0.29) is 30.1 Å². The molecule has 0 atom stereocenters. The second-order valence-corrected chi connectivity index (χ2v) is 7.37. The Morgan fingerprint density at radius 1 is 0.760 bits per heavy atom. The standard InChI is InChI=1S/C20H32N2O3/c1-13(2)21(14(3)4)19(23)17-11-9-10-12-18(17)20(24)25-22(15(5)6)16(7)8/h9-16H,1-8H3. The number of hydrogen-bond acceptors (Lipinski definition) is 4. The van der Waals surface area contributed by atoms with Crippen molar-refractivity contribution in [3.05, 3.63) is 35.4 Å². The van der Waals surface area contributed by atoms with Gasteiger partial charge >= 0.3 is 5.97 Å². The van der Waals surface area contributed by atoms with Crippen LogP contribution in [0.2, 0.25) is 0 Å². The first-order valence-electron chi connectivity index (χ1n) is 9.00. The predicted molar refractivity (Wildman–Crippen MR) is 100 cm³/mol. The Morgan fingerprint density at radius 2 is 1.20 bits per heavy atom. The van der Waals surface area contributed by atoms with Crippen LogP contribution in [0.15, 0.2) is 24.3 Å². The van der Waals surface area contributed by atoms with Crippen molar-refractivity contribution in [2.24, 2.45) is 0 Å². The minimum Gasteiger partial charge on any atom is -0.363 e. The normalized spacial score (nSPS) is 11.7. The summed E-state index contributed by atoms with van der Waals surface area (Å²) < 4.78 is 0. The second-order valence-electron chi connectivity index (χ2n) is 7.37. The van der Waals surface area contributed by atoms with E-state index in [0.29, 0.717) is 11.1 Å². The van der Waals surface area contributed by atoms with E-state index in [0.717, 1.165) is 0 Å². The summed E-state index contributed by atoms with van der Waals surface area (Å²) in [6.45, 7) is 15.7. The molecule has 1 aromatic carbocycles. The zero-order valence-electron chi connectivity index (χ0n) is 16.7. The Labute approximate surface area is 151 Å². The number of hydroxylamine groups is 2. The smallest absolute Gasteiger partial charge is 0.357 e. The highest BCUT2D eigenvalue weighted by atomic mass is 16.7. The molecule has 1 amide bonds. The van der Waals surface area contributed by atoms with Gasteiger partial charge in [-0.25, -0.2) is 4.79 Å². The molecule has 0 aliphatic rings. The number of nitrogens with zero attached hydrogens (tertiary/aromatic N) is 2. The molecule has 0 saturated carbocycles. The molecule has 0 spiro atoms. The molecular weight excluding hydrogens is 316 g/mol. The SMILES string of the molecule is CC(C)N(OC(=O)c1ccccc1C(=O)N(C(C)C)C(C)C)C(C)C. The maximum Gasteiger partial charge on any atom is 0.357 e. The Morgan fingerprint density at radius 3 is 1.60 bits per heavy atom. The zero-order valence-corrected chi connectivity index (χ0v) is 16.7. The topological polar surface area (TPSA) is 49.9 Å². The first-order valence-corrected chi connectivity index (χ1v) is 9.00. The summed E-state index contributed by atoms with van der Waals surface area (Å²) >= 11 is 0. The van der Waals surface area contributed by atoms with Crippen molar-refractivity contribution >= 4 is 11.9 Å². The van der Waals surface area contributed by atoms with E-state index in [2.05, 4.69) is 0 Å². The predicted octanol–water partition coefficient (Wildman–Crippen LogP) is 4.14. The molecule has 0 fully saturated rings. The molecule has 0 unspecified atom stereocenters. The minimum atomic E-state index is -0.501. The molecule has 1 rings (SSSR count). The number of hydrogen-bond donors (Lipinski definition) is 0. The Bertz CT molecular complexity index is 578. The van der Waals surface area contributed by atoms with Gasteiger partial charge in [-0.15, -0.1) is 5.06 Å². The third kappa shape index (κ3) is 5.30. The molecule has 0 bridgehead atoms. The first-order chi connectivity index (χ1) is 11.6. The van der Waals surface area contributed by atoms with Gasteiger partial charge in [0, 0.05) is 24.2 Å². The average Bonchev–Trinajstić information content (AvgIpc) is 2.50. The maximum atomic E-state index is 13.0. The van der Waals surface area contributed by atoms with Crippen molar-refractivity contribution in [3.63, 3.8) is 0 Å². The number of amides is 1. The zero-order chi connectivity index (χ0) is 19.3. The van der Waals surface area contributed by atoms with Crippen LogP contribution in [-0.2, 0) is 4.84 Å². The third-order valence-corrected chi connectivity index (χ3v) is 3.93. The molecule has 0 heterocycles. The molecule has 140 valence electrons. The molecule has 5 heteroatoms. The molecule has 0 saturated heterocycles. The molecule has 25 heavy (non-hydrogen) atoms. The number of benzene rings is 1. The lowest BCUT2D eigenvalue weighted by Gasteiger charge is -2.32. The van der Waals surface area contributed by atoms with Crippen molar-refractivity contribution < 1.29 is 14.4 Å². The van der Waals surface area contributed by atoms with Gasteiger partial charge in [0.05, 0.1) is 11.1 Å². The van der Waals surface area contributed by atoms with Crippen LogP contribution in [0.4, 0.5) is 0 Å². The van der Waals surface area contributed by atoms with E-state index in [4.69, 9.17) is 4.84 Å². The molecule has 0 aromatic heterocycles. The molecule has 0 aliphatic carbocycles. The van der Waals surface area contributed by atoms with Crippen molar-refractivity contribution in [1.82, 2.24) is 9.96 Å². The van der Waals surface area contributed by atoms with Crippen LogP contribution in [0.5, 0.6) is 0 Å². The van der Waals surface area contributed by atoms with Gasteiger partial charge < -0.3 is 9.74 Å². The van der Waals surface area contributed by atoms with E-state index in [1.807, 2.05) is 55.4 Å². The van der Waals surface area contributed by atoms with Crippen LogP contribution in [0, 0.1) is 0 Å². The number of carbonyl (C=O) groups excluding carboxylic acids is 2. The summed E-state index contributed by atoms with van der Waals surface area (Å²) in [6.07, 6.45) is 0. The van der Waals surface area contributed by atoms with Crippen LogP contribution < -0.4 is 0 Å². The van der Waals surface area contributed by atoms with Crippen LogP contribution in [0.3, 0.4) is 0 Å². The van der Waals surface area contributed by atoms with Gasteiger partial charge in [0.25, 0.3) is 5.91 Å². The summed E-state index contributed by atoms with van der Waals surface area (Å²) in [6, 6.07) is 7.03. The summed E-state index contributed by atoms with van der Waals surface area (Å²) in [5.41, 5.74) is 0.674. The van der Waals surface area contributed by atoms with Gasteiger partial charge in [-0.3, -0.25) is 4.79 Å². The lowest BCUT2D eigenvalue weighted by Crippen LogP contribution is -2.43. The lowest BCUT2D eigenvalue weighted by atomic mass is 10.0. The van der Waals surface area contributed by atoms with Gasteiger partial charge in [-0.2, -0.15) is 0 Å². The average molecular weight is 348 g/mol. The van der Waals surface area contributed by atoms with E-state index in [9.17, 15) is 9.59 Å². The fourth-order valence-corrected chi connectivity index (χ4v) is 3.00. The van der Waals surface area contributed by atoms with Crippen LogP contribution in [0.25, 0.3) is 0 Å². The Balaban J connectivity index is 3.19. The quantitative estimate of drug-likeness (QED) is 0.695. The van der Waals surface area contributed by atoms with Crippen molar-refractivity contribution in [2.75, 3.05) is 0 Å². The molecule has 0 N–H and O–H groups in total. The van der Waals surface area contributed by atoms with Gasteiger partial charge in [0.15, 0.2) is 0 Å². The van der Waals surface area contributed by atoms with Crippen LogP contribution in [0.1, 0.15) is 76.1 Å². The highest BCUT2D eigenvalue weighted by Gasteiger charge is 2.28. The monoisotopic (exact) mass is 348 g/mol. The van der Waals surface area contributed by atoms with Crippen molar-refractivity contribution in [2.45, 2.75) is 79.6 Å². The number of carbonyl (C=O) groups is 2. The van der Waals surface area contributed by atoms with E-state index >= 15 is 0 Å². The minimum absolute atomic E-state index is 0.0411. The summed E-state index contributed by atoms with van der Waals surface area (Å²) in [5.74, 6) is -0.656. The first kappa shape index (κ1) is 21.2. The van der Waals surface area contributed by atoms with Gasteiger partial charge in [0.2, 0.25) is 0 Å². The van der Waals surface area contributed by atoms with Crippen molar-refractivity contribution in [1.29, 1.82) is 0 Å². The second kappa shape index (κ2) is 8.99. The van der Waals surface area contributed by atoms with Gasteiger partial charge in [0.1, 0.15) is 0 Å². The molecule has 1 aromatic rings. The largest absolute Gasteiger partial charge is 0.363 e. The molecule has 0 aliphatic heterocycles. The summed E-state index contributed by atoms with van der Waals surface area (Å²) in [7, 11) is 0. The van der Waals surface area contributed by atoms with E-state index in [1.165, 1.54) is 0 Å². The summed E-state index contributed by atoms with van der Waals surface area (Å²) in [5, 5.41) is 1.65. The van der Waals surface area contributed by atoms with E-state index < -0.39 is 5.97 Å². The fourth-order valence-electron chi connectivity index (χ4n) is 3.00.